The molecule has 0 spiro atoms. The summed E-state index contributed by atoms with van der Waals surface area (Å²) in [4.78, 5) is 26.1. The smallest absolute Gasteiger partial charge is 0.253 e. The first-order valence-corrected chi connectivity index (χ1v) is 9.99. The first-order chi connectivity index (χ1) is 13.3. The van der Waals surface area contributed by atoms with E-state index in [0.717, 1.165) is 18.4 Å². The van der Waals surface area contributed by atoms with E-state index in [-0.39, 0.29) is 11.8 Å². The van der Waals surface area contributed by atoms with Gasteiger partial charge in [-0.25, -0.2) is 0 Å². The second-order valence-electron chi connectivity index (χ2n) is 7.90. The number of nitrogens with one attached hydrogen (secondary N) is 1. The van der Waals surface area contributed by atoms with Crippen LogP contribution in [0.3, 0.4) is 0 Å². The number of hydrogen-bond acceptors (Lipinski definition) is 2. The van der Waals surface area contributed by atoms with Gasteiger partial charge in [0.05, 0.1) is 0 Å². The van der Waals surface area contributed by atoms with Crippen molar-refractivity contribution in [2.75, 3.05) is 20.6 Å². The number of rotatable bonds is 8. The van der Waals surface area contributed by atoms with Gasteiger partial charge in [-0.3, -0.25) is 9.59 Å². The van der Waals surface area contributed by atoms with Gasteiger partial charge in [-0.2, -0.15) is 0 Å². The van der Waals surface area contributed by atoms with Crippen molar-refractivity contribution >= 4 is 11.8 Å². The molecule has 1 N–H and O–H groups in total. The Hall–Kier alpha value is -2.62. The van der Waals surface area contributed by atoms with Crippen LogP contribution in [0.4, 0.5) is 0 Å². The second-order valence-corrected chi connectivity index (χ2v) is 7.90. The monoisotopic (exact) mass is 380 g/mol. The van der Waals surface area contributed by atoms with Crippen LogP contribution in [0.2, 0.25) is 0 Å². The predicted octanol–water partition coefficient (Wildman–Crippen LogP) is 4.83. The van der Waals surface area contributed by atoms with Gasteiger partial charge in [0.25, 0.3) is 11.8 Å². The third-order valence-corrected chi connectivity index (χ3v) is 5.02. The fourth-order valence-corrected chi connectivity index (χ4v) is 3.15. The Morgan fingerprint density at radius 1 is 0.929 bits per heavy atom. The lowest BCUT2D eigenvalue weighted by Gasteiger charge is -2.15. The van der Waals surface area contributed by atoms with E-state index in [0.29, 0.717) is 29.5 Å². The van der Waals surface area contributed by atoms with Crippen LogP contribution in [0.25, 0.3) is 0 Å². The molecule has 1 unspecified atom stereocenters. The summed E-state index contributed by atoms with van der Waals surface area (Å²) in [5.41, 5.74) is 3.76. The molecule has 2 aromatic rings. The van der Waals surface area contributed by atoms with Gasteiger partial charge >= 0.3 is 0 Å². The molecule has 0 fully saturated rings. The third-order valence-electron chi connectivity index (χ3n) is 5.02. The highest BCUT2D eigenvalue weighted by atomic mass is 16.2. The van der Waals surface area contributed by atoms with Crippen molar-refractivity contribution in [1.29, 1.82) is 0 Å². The average molecular weight is 381 g/mol. The van der Waals surface area contributed by atoms with Crippen LogP contribution in [-0.2, 0) is 0 Å². The average Bonchev–Trinajstić information content (AvgIpc) is 2.70. The highest BCUT2D eigenvalue weighted by Gasteiger charge is 2.12. The van der Waals surface area contributed by atoms with Gasteiger partial charge in [-0.05, 0) is 60.1 Å². The van der Waals surface area contributed by atoms with Gasteiger partial charge in [-0.15, -0.1) is 0 Å². The van der Waals surface area contributed by atoms with Crippen LogP contribution in [-0.4, -0.2) is 37.4 Å². The standard InChI is InChI=1S/C24H32N2O2/c1-17(2)19-10-6-12-21(15-19)23(27)25-14-8-9-18(3)20-11-7-13-22(16-20)24(28)26(4)5/h6-7,10-13,15-18H,8-9,14H2,1-5H3,(H,25,27). The SMILES string of the molecule is CC(C)c1cccc(C(=O)NCCCC(C)c2cccc(C(=O)N(C)C)c2)c1. The third kappa shape index (κ3) is 5.95. The molecule has 0 aliphatic rings. The van der Waals surface area contributed by atoms with Gasteiger partial charge in [0.15, 0.2) is 0 Å². The maximum atomic E-state index is 12.4. The summed E-state index contributed by atoms with van der Waals surface area (Å²) in [6.07, 6.45) is 1.84. The lowest BCUT2D eigenvalue weighted by atomic mass is 9.94. The molecule has 0 aromatic heterocycles. The summed E-state index contributed by atoms with van der Waals surface area (Å²) in [5, 5.41) is 3.02. The van der Waals surface area contributed by atoms with Crippen LogP contribution in [0.1, 0.15) is 77.3 Å². The summed E-state index contributed by atoms with van der Waals surface area (Å²) in [5.74, 6) is 0.735. The molecule has 2 rings (SSSR count). The van der Waals surface area contributed by atoms with E-state index in [1.165, 1.54) is 5.56 Å². The van der Waals surface area contributed by atoms with Crippen LogP contribution < -0.4 is 5.32 Å². The molecule has 0 saturated heterocycles. The summed E-state index contributed by atoms with van der Waals surface area (Å²) in [6, 6.07) is 15.6. The van der Waals surface area contributed by atoms with Gasteiger partial charge in [0.2, 0.25) is 0 Å². The summed E-state index contributed by atoms with van der Waals surface area (Å²) in [6.45, 7) is 7.05. The Kier molecular flexibility index (Phi) is 7.80. The maximum absolute atomic E-state index is 12.4. The lowest BCUT2D eigenvalue weighted by molar-refractivity contribution is 0.0827. The molecule has 1 atom stereocenters. The van der Waals surface area contributed by atoms with Crippen molar-refractivity contribution in [3.8, 4) is 0 Å². The predicted molar refractivity (Wildman–Crippen MR) is 115 cm³/mol. The maximum Gasteiger partial charge on any atom is 0.253 e. The van der Waals surface area contributed by atoms with E-state index in [1.54, 1.807) is 19.0 Å². The Bertz CT molecular complexity index is 812. The molecule has 4 nitrogen and oxygen atoms in total. The number of carbonyl (C=O) groups is 2. The molecule has 0 heterocycles. The van der Waals surface area contributed by atoms with E-state index in [4.69, 9.17) is 0 Å². The van der Waals surface area contributed by atoms with E-state index in [1.807, 2.05) is 36.4 Å². The fourth-order valence-electron chi connectivity index (χ4n) is 3.15. The zero-order valence-electron chi connectivity index (χ0n) is 17.7. The molecule has 0 bridgehead atoms. The van der Waals surface area contributed by atoms with Crippen molar-refractivity contribution in [1.82, 2.24) is 10.2 Å². The zero-order chi connectivity index (χ0) is 20.7. The number of benzene rings is 2. The molecule has 0 aliphatic heterocycles. The van der Waals surface area contributed by atoms with Crippen molar-refractivity contribution in [3.63, 3.8) is 0 Å². The number of hydrogen-bond donors (Lipinski definition) is 1. The normalized spacial score (nSPS) is 11.9. The lowest BCUT2D eigenvalue weighted by Crippen LogP contribution is -2.24. The summed E-state index contributed by atoms with van der Waals surface area (Å²) >= 11 is 0. The summed E-state index contributed by atoms with van der Waals surface area (Å²) < 4.78 is 0. The van der Waals surface area contributed by atoms with Crippen molar-refractivity contribution in [3.05, 3.63) is 70.8 Å². The van der Waals surface area contributed by atoms with Gasteiger partial charge in [0.1, 0.15) is 0 Å². The molecule has 28 heavy (non-hydrogen) atoms. The molecule has 2 aromatic carbocycles. The second kappa shape index (κ2) is 10.1. The molecule has 150 valence electrons. The van der Waals surface area contributed by atoms with E-state index in [9.17, 15) is 9.59 Å². The van der Waals surface area contributed by atoms with E-state index < -0.39 is 0 Å². The van der Waals surface area contributed by atoms with Gasteiger partial charge in [-0.1, -0.05) is 45.0 Å². The van der Waals surface area contributed by atoms with Gasteiger partial charge < -0.3 is 10.2 Å². The Labute approximate surface area is 169 Å². The van der Waals surface area contributed by atoms with Crippen molar-refractivity contribution < 1.29 is 9.59 Å². The molecule has 2 amide bonds. The molecule has 0 saturated carbocycles. The fraction of sp³-hybridized carbons (Fsp3) is 0.417. The number of amides is 2. The molecule has 0 radical (unpaired) electrons. The quantitative estimate of drug-likeness (QED) is 0.667. The zero-order valence-corrected chi connectivity index (χ0v) is 17.7. The van der Waals surface area contributed by atoms with E-state index in [2.05, 4.69) is 38.2 Å². The van der Waals surface area contributed by atoms with Crippen LogP contribution in [0, 0.1) is 0 Å². The first-order valence-electron chi connectivity index (χ1n) is 9.99. The largest absolute Gasteiger partial charge is 0.352 e. The minimum atomic E-state index is -0.0197. The highest BCUT2D eigenvalue weighted by Crippen LogP contribution is 2.22. The number of nitrogens with zero attached hydrogens (tertiary/aromatic N) is 1. The molecule has 4 heteroatoms. The first kappa shape index (κ1) is 21.7. The van der Waals surface area contributed by atoms with Gasteiger partial charge in [0, 0.05) is 31.8 Å². The van der Waals surface area contributed by atoms with Crippen LogP contribution >= 0.6 is 0 Å². The highest BCUT2D eigenvalue weighted by molar-refractivity contribution is 5.94. The Morgan fingerprint density at radius 3 is 2.18 bits per heavy atom. The Balaban J connectivity index is 1.85. The van der Waals surface area contributed by atoms with Crippen LogP contribution in [0.5, 0.6) is 0 Å². The minimum absolute atomic E-state index is 0.0185. The number of carbonyl (C=O) groups excluding carboxylic acids is 2. The molecular weight excluding hydrogens is 348 g/mol. The topological polar surface area (TPSA) is 49.4 Å². The van der Waals surface area contributed by atoms with E-state index >= 15 is 0 Å². The van der Waals surface area contributed by atoms with Crippen LogP contribution in [0.15, 0.2) is 48.5 Å². The summed E-state index contributed by atoms with van der Waals surface area (Å²) in [7, 11) is 3.52. The van der Waals surface area contributed by atoms with Crippen molar-refractivity contribution in [2.45, 2.75) is 45.4 Å². The Morgan fingerprint density at radius 2 is 1.54 bits per heavy atom. The molecular formula is C24H32N2O2. The minimum Gasteiger partial charge on any atom is -0.352 e. The van der Waals surface area contributed by atoms with Crippen molar-refractivity contribution in [2.24, 2.45) is 0 Å². The molecule has 0 aliphatic carbocycles.